The van der Waals surface area contributed by atoms with E-state index < -0.39 is 0 Å². The summed E-state index contributed by atoms with van der Waals surface area (Å²) in [4.78, 5) is 10.2. The van der Waals surface area contributed by atoms with E-state index in [1.165, 1.54) is 11.8 Å². The summed E-state index contributed by atoms with van der Waals surface area (Å²) < 4.78 is 5.43. The molecular formula is C11H10N2O2S. The molecule has 0 unspecified atom stereocenters. The van der Waals surface area contributed by atoms with Gasteiger partial charge in [0, 0.05) is 5.56 Å². The number of rotatable bonds is 4. The highest BCUT2D eigenvalue weighted by atomic mass is 32.2. The van der Waals surface area contributed by atoms with Crippen LogP contribution >= 0.6 is 11.8 Å². The van der Waals surface area contributed by atoms with Crippen LogP contribution in [0.4, 0.5) is 0 Å². The van der Waals surface area contributed by atoms with Gasteiger partial charge >= 0.3 is 0 Å². The number of aromatic nitrogens is 2. The summed E-state index contributed by atoms with van der Waals surface area (Å²) in [7, 11) is 0. The lowest BCUT2D eigenvalue weighted by atomic mass is 10.1. The molecule has 0 N–H and O–H groups in total. The average Bonchev–Trinajstić information content (AvgIpc) is 2.75. The smallest absolute Gasteiger partial charge is 0.277 e. The molecule has 0 fully saturated rings. The zero-order valence-corrected chi connectivity index (χ0v) is 9.53. The van der Waals surface area contributed by atoms with Crippen molar-refractivity contribution in [3.05, 3.63) is 29.8 Å². The summed E-state index contributed by atoms with van der Waals surface area (Å²) in [6.45, 7) is 1.98. The molecule has 0 aliphatic rings. The van der Waals surface area contributed by atoms with Gasteiger partial charge in [0.2, 0.25) is 5.89 Å². The molecule has 0 amide bonds. The van der Waals surface area contributed by atoms with Gasteiger partial charge in [-0.25, -0.2) is 0 Å². The lowest BCUT2D eigenvalue weighted by Crippen LogP contribution is -1.81. The predicted octanol–water partition coefficient (Wildman–Crippen LogP) is 2.34. The Kier molecular flexibility index (Phi) is 3.36. The summed E-state index contributed by atoms with van der Waals surface area (Å²) in [5, 5.41) is 8.23. The zero-order valence-electron chi connectivity index (χ0n) is 8.71. The number of carbonyl (C=O) groups is 1. The van der Waals surface area contributed by atoms with E-state index in [0.717, 1.165) is 17.4 Å². The van der Waals surface area contributed by atoms with Crippen LogP contribution in [-0.4, -0.2) is 22.2 Å². The minimum absolute atomic E-state index is 0.329. The van der Waals surface area contributed by atoms with Gasteiger partial charge in [-0.15, -0.1) is 10.2 Å². The molecule has 0 radical (unpaired) electrons. The molecule has 1 aromatic heterocycles. The number of hydrogen-bond acceptors (Lipinski definition) is 5. The van der Waals surface area contributed by atoms with Crippen molar-refractivity contribution in [2.75, 3.05) is 5.75 Å². The molecule has 5 heteroatoms. The lowest BCUT2D eigenvalue weighted by Gasteiger charge is -1.98. The van der Waals surface area contributed by atoms with Crippen LogP contribution in [0, 0.1) is 6.92 Å². The third-order valence-corrected chi connectivity index (χ3v) is 2.77. The van der Waals surface area contributed by atoms with Crippen molar-refractivity contribution < 1.29 is 9.21 Å². The Balaban J connectivity index is 2.25. The van der Waals surface area contributed by atoms with Gasteiger partial charge < -0.3 is 9.21 Å². The van der Waals surface area contributed by atoms with E-state index in [0.29, 0.717) is 16.9 Å². The Morgan fingerprint density at radius 1 is 1.38 bits per heavy atom. The molecule has 0 saturated heterocycles. The molecule has 1 heterocycles. The van der Waals surface area contributed by atoms with E-state index in [-0.39, 0.29) is 0 Å². The van der Waals surface area contributed by atoms with Crippen LogP contribution in [0.25, 0.3) is 11.5 Å². The van der Waals surface area contributed by atoms with Gasteiger partial charge in [0.25, 0.3) is 5.22 Å². The quantitative estimate of drug-likeness (QED) is 0.600. The normalized spacial score (nSPS) is 10.3. The molecule has 0 spiro atoms. The highest BCUT2D eigenvalue weighted by molar-refractivity contribution is 7.99. The summed E-state index contributed by atoms with van der Waals surface area (Å²) in [6.07, 6.45) is 0.808. The summed E-state index contributed by atoms with van der Waals surface area (Å²) >= 11 is 1.23. The zero-order chi connectivity index (χ0) is 11.4. The second kappa shape index (κ2) is 4.94. The first-order valence-electron chi connectivity index (χ1n) is 4.77. The van der Waals surface area contributed by atoms with E-state index in [2.05, 4.69) is 10.2 Å². The van der Waals surface area contributed by atoms with Crippen LogP contribution < -0.4 is 0 Å². The van der Waals surface area contributed by atoms with Crippen LogP contribution in [0.5, 0.6) is 0 Å². The molecule has 2 rings (SSSR count). The van der Waals surface area contributed by atoms with E-state index >= 15 is 0 Å². The Labute approximate surface area is 97.1 Å². The number of carbonyl (C=O) groups excluding carboxylic acids is 1. The molecule has 0 bridgehead atoms. The van der Waals surface area contributed by atoms with Gasteiger partial charge in [-0.1, -0.05) is 30.0 Å². The summed E-state index contributed by atoms with van der Waals surface area (Å²) in [5.41, 5.74) is 2.01. The number of aldehydes is 1. The van der Waals surface area contributed by atoms with Crippen LogP contribution in [0.15, 0.2) is 33.9 Å². The van der Waals surface area contributed by atoms with Crippen molar-refractivity contribution in [2.24, 2.45) is 0 Å². The number of benzene rings is 1. The van der Waals surface area contributed by atoms with Crippen LogP contribution in [0.3, 0.4) is 0 Å². The standard InChI is InChI=1S/C11H10N2O2S/c1-8-4-2-3-5-9(8)10-12-13-11(15-10)16-7-6-14/h2-6H,7H2,1H3. The fourth-order valence-electron chi connectivity index (χ4n) is 1.30. The first-order chi connectivity index (χ1) is 7.81. The maximum Gasteiger partial charge on any atom is 0.277 e. The molecule has 0 aliphatic carbocycles. The Hall–Kier alpha value is -1.62. The Morgan fingerprint density at radius 3 is 2.94 bits per heavy atom. The number of hydrogen-bond donors (Lipinski definition) is 0. The number of thioether (sulfide) groups is 1. The Morgan fingerprint density at radius 2 is 2.19 bits per heavy atom. The minimum Gasteiger partial charge on any atom is -0.411 e. The molecule has 4 nitrogen and oxygen atoms in total. The van der Waals surface area contributed by atoms with E-state index in [4.69, 9.17) is 4.42 Å². The average molecular weight is 234 g/mol. The molecule has 0 atom stereocenters. The van der Waals surface area contributed by atoms with E-state index in [1.54, 1.807) is 0 Å². The third-order valence-electron chi connectivity index (χ3n) is 2.06. The van der Waals surface area contributed by atoms with Crippen molar-refractivity contribution >= 4 is 18.0 Å². The molecule has 1 aromatic carbocycles. The topological polar surface area (TPSA) is 56.0 Å². The first-order valence-corrected chi connectivity index (χ1v) is 5.76. The fourth-order valence-corrected chi connectivity index (χ4v) is 1.74. The molecule has 82 valence electrons. The fraction of sp³-hybridized carbons (Fsp3) is 0.182. The lowest BCUT2D eigenvalue weighted by molar-refractivity contribution is -0.105. The summed E-state index contributed by atoms with van der Waals surface area (Å²) in [5.74, 6) is 0.821. The number of aryl methyl sites for hydroxylation is 1. The molecule has 0 saturated carbocycles. The van der Waals surface area contributed by atoms with E-state index in [1.807, 2.05) is 31.2 Å². The molecular weight excluding hydrogens is 224 g/mol. The highest BCUT2D eigenvalue weighted by Crippen LogP contribution is 2.24. The van der Waals surface area contributed by atoms with Gasteiger partial charge in [-0.05, 0) is 18.6 Å². The monoisotopic (exact) mass is 234 g/mol. The van der Waals surface area contributed by atoms with Crippen LogP contribution in [-0.2, 0) is 4.79 Å². The highest BCUT2D eigenvalue weighted by Gasteiger charge is 2.10. The number of nitrogens with zero attached hydrogens (tertiary/aromatic N) is 2. The maximum absolute atomic E-state index is 10.2. The SMILES string of the molecule is Cc1ccccc1-c1nnc(SCC=O)o1. The van der Waals surface area contributed by atoms with Gasteiger partial charge in [0.15, 0.2) is 0 Å². The minimum atomic E-state index is 0.329. The van der Waals surface area contributed by atoms with Crippen molar-refractivity contribution in [3.63, 3.8) is 0 Å². The van der Waals surface area contributed by atoms with Crippen molar-refractivity contribution in [1.82, 2.24) is 10.2 Å². The van der Waals surface area contributed by atoms with Crippen molar-refractivity contribution in [1.29, 1.82) is 0 Å². The third kappa shape index (κ3) is 2.30. The molecule has 2 aromatic rings. The van der Waals surface area contributed by atoms with Crippen molar-refractivity contribution in [3.8, 4) is 11.5 Å². The largest absolute Gasteiger partial charge is 0.411 e. The summed E-state index contributed by atoms with van der Waals surface area (Å²) in [6, 6.07) is 7.79. The van der Waals surface area contributed by atoms with Gasteiger partial charge in [-0.2, -0.15) is 0 Å². The molecule has 16 heavy (non-hydrogen) atoms. The van der Waals surface area contributed by atoms with Crippen molar-refractivity contribution in [2.45, 2.75) is 12.1 Å². The predicted molar refractivity (Wildman–Crippen MR) is 61.3 cm³/mol. The molecule has 0 aliphatic heterocycles. The Bertz CT molecular complexity index is 496. The van der Waals surface area contributed by atoms with E-state index in [9.17, 15) is 4.79 Å². The van der Waals surface area contributed by atoms with Gasteiger partial charge in [0.05, 0.1) is 5.75 Å². The van der Waals surface area contributed by atoms with Gasteiger partial charge in [-0.3, -0.25) is 0 Å². The first kappa shape index (κ1) is 10.9. The second-order valence-corrected chi connectivity index (χ2v) is 4.14. The maximum atomic E-state index is 10.2. The van der Waals surface area contributed by atoms with Gasteiger partial charge in [0.1, 0.15) is 6.29 Å². The van der Waals surface area contributed by atoms with Crippen LogP contribution in [0.1, 0.15) is 5.56 Å². The second-order valence-electron chi connectivity index (χ2n) is 3.17. The van der Waals surface area contributed by atoms with Crippen LogP contribution in [0.2, 0.25) is 0 Å².